The zero-order valence-corrected chi connectivity index (χ0v) is 11.3. The number of nitrogens with zero attached hydrogens (tertiary/aromatic N) is 3. The van der Waals surface area contributed by atoms with Gasteiger partial charge in [0.15, 0.2) is 10.4 Å². The average molecular weight is 252 g/mol. The molecule has 2 rings (SSSR count). The molecule has 0 radical (unpaired) electrons. The van der Waals surface area contributed by atoms with E-state index in [1.807, 2.05) is 4.57 Å². The lowest BCUT2D eigenvalue weighted by Gasteiger charge is -2.25. The second kappa shape index (κ2) is 4.10. The van der Waals surface area contributed by atoms with E-state index < -0.39 is 0 Å². The quantitative estimate of drug-likeness (QED) is 0.853. The maximum atomic E-state index is 5.36. The number of hydrogen-bond acceptors (Lipinski definition) is 4. The van der Waals surface area contributed by atoms with E-state index in [0.29, 0.717) is 10.7 Å². The third kappa shape index (κ3) is 1.82. The highest BCUT2D eigenvalue weighted by atomic mass is 32.1. The summed E-state index contributed by atoms with van der Waals surface area (Å²) in [5.41, 5.74) is 1.45. The molecule has 0 saturated heterocycles. The molecule has 0 bridgehead atoms. The molecule has 0 spiro atoms. The van der Waals surface area contributed by atoms with E-state index in [4.69, 9.17) is 17.0 Å². The van der Waals surface area contributed by atoms with Crippen molar-refractivity contribution in [3.8, 4) is 5.88 Å². The standard InChI is InChI=1S/C11H16N4OS/c1-5-11(2,3)15-8-7(14-10(15)17)9(16-4)13-6-12-8/h6H,5H2,1-4H3,(H,14,17). The summed E-state index contributed by atoms with van der Waals surface area (Å²) in [5.74, 6) is 0.520. The Morgan fingerprint density at radius 2 is 2.18 bits per heavy atom. The van der Waals surface area contributed by atoms with Crippen LogP contribution in [0.1, 0.15) is 27.2 Å². The fraction of sp³-hybridized carbons (Fsp3) is 0.545. The van der Waals surface area contributed by atoms with Crippen LogP contribution < -0.4 is 4.74 Å². The smallest absolute Gasteiger partial charge is 0.242 e. The van der Waals surface area contributed by atoms with Crippen LogP contribution in [0.25, 0.3) is 11.2 Å². The summed E-state index contributed by atoms with van der Waals surface area (Å²) in [4.78, 5) is 11.5. The van der Waals surface area contributed by atoms with Crippen LogP contribution in [0.15, 0.2) is 6.33 Å². The summed E-state index contributed by atoms with van der Waals surface area (Å²) < 4.78 is 7.86. The van der Waals surface area contributed by atoms with Gasteiger partial charge in [0.1, 0.15) is 11.8 Å². The van der Waals surface area contributed by atoms with Gasteiger partial charge >= 0.3 is 0 Å². The van der Waals surface area contributed by atoms with Crippen molar-refractivity contribution in [1.29, 1.82) is 0 Å². The minimum atomic E-state index is -0.0886. The Kier molecular flexibility index (Phi) is 2.91. The number of imidazole rings is 1. The predicted molar refractivity (Wildman–Crippen MR) is 68.9 cm³/mol. The van der Waals surface area contributed by atoms with Gasteiger partial charge in [-0.3, -0.25) is 4.57 Å². The molecule has 2 aromatic rings. The van der Waals surface area contributed by atoms with Gasteiger partial charge in [-0.25, -0.2) is 4.98 Å². The maximum absolute atomic E-state index is 5.36. The zero-order chi connectivity index (χ0) is 12.6. The highest BCUT2D eigenvalue weighted by Gasteiger charge is 2.23. The average Bonchev–Trinajstić information content (AvgIpc) is 2.65. The molecule has 17 heavy (non-hydrogen) atoms. The third-order valence-electron chi connectivity index (χ3n) is 3.10. The number of nitrogens with one attached hydrogen (secondary N) is 1. The second-order valence-corrected chi connectivity index (χ2v) is 4.90. The van der Waals surface area contributed by atoms with Gasteiger partial charge in [0.25, 0.3) is 0 Å². The van der Waals surface area contributed by atoms with Crippen molar-refractivity contribution >= 4 is 23.4 Å². The molecular formula is C11H16N4OS. The van der Waals surface area contributed by atoms with E-state index in [1.54, 1.807) is 7.11 Å². The molecule has 0 fully saturated rings. The first kappa shape index (κ1) is 12.0. The molecule has 2 heterocycles. The van der Waals surface area contributed by atoms with Crippen LogP contribution in [0, 0.1) is 4.77 Å². The van der Waals surface area contributed by atoms with Crippen molar-refractivity contribution in [2.24, 2.45) is 0 Å². The number of ether oxygens (including phenoxy) is 1. The van der Waals surface area contributed by atoms with Crippen molar-refractivity contribution in [2.45, 2.75) is 32.7 Å². The van der Waals surface area contributed by atoms with Gasteiger partial charge in [0, 0.05) is 5.54 Å². The minimum Gasteiger partial charge on any atom is -0.479 e. The van der Waals surface area contributed by atoms with E-state index in [9.17, 15) is 0 Å². The van der Waals surface area contributed by atoms with E-state index >= 15 is 0 Å². The van der Waals surface area contributed by atoms with Crippen molar-refractivity contribution < 1.29 is 4.74 Å². The van der Waals surface area contributed by atoms with Crippen molar-refractivity contribution in [2.75, 3.05) is 7.11 Å². The summed E-state index contributed by atoms with van der Waals surface area (Å²) >= 11 is 5.36. The van der Waals surface area contributed by atoms with E-state index in [0.717, 1.165) is 17.6 Å². The van der Waals surface area contributed by atoms with Gasteiger partial charge in [-0.05, 0) is 32.5 Å². The molecule has 1 N–H and O–H groups in total. The Morgan fingerprint density at radius 3 is 2.76 bits per heavy atom. The van der Waals surface area contributed by atoms with Crippen LogP contribution in [-0.4, -0.2) is 26.6 Å². The molecule has 0 aliphatic heterocycles. The Balaban J connectivity index is 2.82. The normalized spacial score (nSPS) is 12.0. The molecule has 0 atom stereocenters. The monoisotopic (exact) mass is 252 g/mol. The van der Waals surface area contributed by atoms with Crippen LogP contribution in [0.3, 0.4) is 0 Å². The summed E-state index contributed by atoms with van der Waals surface area (Å²) in [6, 6.07) is 0. The highest BCUT2D eigenvalue weighted by Crippen LogP contribution is 2.27. The lowest BCUT2D eigenvalue weighted by atomic mass is 10.0. The van der Waals surface area contributed by atoms with Crippen molar-refractivity contribution in [1.82, 2.24) is 19.5 Å². The summed E-state index contributed by atoms with van der Waals surface area (Å²) in [5, 5.41) is 0. The van der Waals surface area contributed by atoms with Crippen LogP contribution in [0.5, 0.6) is 5.88 Å². The third-order valence-corrected chi connectivity index (χ3v) is 3.39. The summed E-state index contributed by atoms with van der Waals surface area (Å²) in [6.07, 6.45) is 2.45. The Hall–Kier alpha value is -1.43. The fourth-order valence-corrected chi connectivity index (χ4v) is 2.21. The van der Waals surface area contributed by atoms with E-state index in [2.05, 4.69) is 35.7 Å². The Labute approximate surface area is 105 Å². The van der Waals surface area contributed by atoms with Gasteiger partial charge < -0.3 is 9.72 Å². The first-order chi connectivity index (χ1) is 8.01. The SMILES string of the molecule is CCC(C)(C)n1c(=S)[nH]c2c(OC)ncnc21. The molecule has 0 aliphatic carbocycles. The van der Waals surface area contributed by atoms with Crippen LogP contribution in [0.2, 0.25) is 0 Å². The molecule has 6 heteroatoms. The lowest BCUT2D eigenvalue weighted by Crippen LogP contribution is -2.25. The molecule has 5 nitrogen and oxygen atoms in total. The van der Waals surface area contributed by atoms with Crippen LogP contribution in [-0.2, 0) is 5.54 Å². The largest absolute Gasteiger partial charge is 0.479 e. The molecule has 0 aromatic carbocycles. The van der Waals surface area contributed by atoms with Gasteiger partial charge in [-0.2, -0.15) is 4.98 Å². The van der Waals surface area contributed by atoms with Crippen molar-refractivity contribution in [3.63, 3.8) is 0 Å². The fourth-order valence-electron chi connectivity index (χ4n) is 1.77. The maximum Gasteiger partial charge on any atom is 0.242 e. The number of aromatic amines is 1. The molecule has 0 amide bonds. The van der Waals surface area contributed by atoms with Crippen molar-refractivity contribution in [3.05, 3.63) is 11.1 Å². The first-order valence-corrected chi connectivity index (χ1v) is 5.92. The van der Waals surface area contributed by atoms with E-state index in [1.165, 1.54) is 6.33 Å². The number of rotatable bonds is 3. The van der Waals surface area contributed by atoms with Crippen LogP contribution in [0.4, 0.5) is 0 Å². The number of fused-ring (bicyclic) bond motifs is 1. The molecule has 2 aromatic heterocycles. The Bertz CT molecular complexity index is 599. The lowest BCUT2D eigenvalue weighted by molar-refractivity contribution is 0.346. The first-order valence-electron chi connectivity index (χ1n) is 5.51. The second-order valence-electron chi connectivity index (χ2n) is 4.51. The number of hydrogen-bond donors (Lipinski definition) is 1. The number of H-pyrrole nitrogens is 1. The molecular weight excluding hydrogens is 236 g/mol. The summed E-state index contributed by atoms with van der Waals surface area (Å²) in [6.45, 7) is 6.38. The number of methoxy groups -OCH3 is 1. The minimum absolute atomic E-state index is 0.0886. The van der Waals surface area contributed by atoms with Gasteiger partial charge in [-0.15, -0.1) is 0 Å². The highest BCUT2D eigenvalue weighted by molar-refractivity contribution is 7.71. The van der Waals surface area contributed by atoms with Gasteiger partial charge in [0.2, 0.25) is 5.88 Å². The molecule has 0 unspecified atom stereocenters. The molecule has 0 saturated carbocycles. The topological polar surface area (TPSA) is 55.7 Å². The molecule has 92 valence electrons. The van der Waals surface area contributed by atoms with E-state index in [-0.39, 0.29) is 5.54 Å². The molecule has 0 aliphatic rings. The number of aromatic nitrogens is 4. The van der Waals surface area contributed by atoms with Gasteiger partial charge in [-0.1, -0.05) is 6.92 Å². The Morgan fingerprint density at radius 1 is 1.47 bits per heavy atom. The predicted octanol–water partition coefficient (Wildman–Crippen LogP) is 2.64. The zero-order valence-electron chi connectivity index (χ0n) is 10.4. The van der Waals surface area contributed by atoms with Gasteiger partial charge in [0.05, 0.1) is 7.11 Å². The van der Waals surface area contributed by atoms with Crippen LogP contribution >= 0.6 is 12.2 Å². The summed E-state index contributed by atoms with van der Waals surface area (Å²) in [7, 11) is 1.58.